The topological polar surface area (TPSA) is 74.2 Å². The summed E-state index contributed by atoms with van der Waals surface area (Å²) in [6, 6.07) is 3.42. The summed E-state index contributed by atoms with van der Waals surface area (Å²) in [6.45, 7) is 7.27. The Labute approximate surface area is 108 Å². The second-order valence-electron chi connectivity index (χ2n) is 5.32. The number of anilines is 1. The summed E-state index contributed by atoms with van der Waals surface area (Å²) in [4.78, 5) is 15.5. The predicted octanol–water partition coefficient (Wildman–Crippen LogP) is 1.40. The Bertz CT molecular complexity index is 436. The zero-order chi connectivity index (χ0) is 14.0. The molecule has 0 aromatic carbocycles. The molecule has 0 unspecified atom stereocenters. The molecule has 0 saturated heterocycles. The van der Waals surface area contributed by atoms with Gasteiger partial charge in [-0.05, 0) is 39.8 Å². The molecule has 0 aliphatic rings. The molecule has 0 radical (unpaired) electrons. The van der Waals surface area contributed by atoms with E-state index in [2.05, 4.69) is 15.6 Å². The minimum Gasteiger partial charge on any atom is -0.388 e. The number of hydrogen-bond acceptors (Lipinski definition) is 4. The molecule has 1 rings (SSSR count). The van der Waals surface area contributed by atoms with Gasteiger partial charge < -0.3 is 15.7 Å². The standard InChI is InChI=1S/C13H21N3O2/c1-12(2,13(3,4)18)16-9-6-7-15-10(8-9)11(17)14-5/h6-8,18H,1-5H3,(H,14,17)(H,15,16). The molecule has 5 heteroatoms. The monoisotopic (exact) mass is 251 g/mol. The van der Waals surface area contributed by atoms with Crippen LogP contribution >= 0.6 is 0 Å². The van der Waals surface area contributed by atoms with Gasteiger partial charge in [0.05, 0.1) is 11.1 Å². The summed E-state index contributed by atoms with van der Waals surface area (Å²) in [7, 11) is 1.56. The molecule has 3 N–H and O–H groups in total. The third-order valence-electron chi connectivity index (χ3n) is 3.21. The second kappa shape index (κ2) is 4.94. The molecule has 0 aliphatic carbocycles. The van der Waals surface area contributed by atoms with Crippen LogP contribution < -0.4 is 10.6 Å². The maximum absolute atomic E-state index is 11.5. The maximum atomic E-state index is 11.5. The van der Waals surface area contributed by atoms with E-state index >= 15 is 0 Å². The Morgan fingerprint density at radius 3 is 2.44 bits per heavy atom. The average Bonchev–Trinajstić information content (AvgIpc) is 2.26. The first-order chi connectivity index (χ1) is 8.17. The van der Waals surface area contributed by atoms with E-state index in [4.69, 9.17) is 0 Å². The summed E-state index contributed by atoms with van der Waals surface area (Å²) < 4.78 is 0. The smallest absolute Gasteiger partial charge is 0.269 e. The van der Waals surface area contributed by atoms with Gasteiger partial charge in [-0.15, -0.1) is 0 Å². The van der Waals surface area contributed by atoms with E-state index in [1.807, 2.05) is 13.8 Å². The van der Waals surface area contributed by atoms with Crippen LogP contribution in [-0.4, -0.2) is 34.2 Å². The molecule has 18 heavy (non-hydrogen) atoms. The zero-order valence-electron chi connectivity index (χ0n) is 11.5. The van der Waals surface area contributed by atoms with Crippen molar-refractivity contribution in [3.63, 3.8) is 0 Å². The van der Waals surface area contributed by atoms with Crippen molar-refractivity contribution in [1.29, 1.82) is 0 Å². The molecule has 1 aromatic rings. The Morgan fingerprint density at radius 1 is 1.33 bits per heavy atom. The van der Waals surface area contributed by atoms with Crippen molar-refractivity contribution < 1.29 is 9.90 Å². The molecule has 1 aromatic heterocycles. The summed E-state index contributed by atoms with van der Waals surface area (Å²) >= 11 is 0. The number of carbonyl (C=O) groups excluding carboxylic acids is 1. The molecule has 0 bridgehead atoms. The summed E-state index contributed by atoms with van der Waals surface area (Å²) in [6.07, 6.45) is 1.56. The van der Waals surface area contributed by atoms with E-state index in [0.717, 1.165) is 5.69 Å². The molecule has 0 aliphatic heterocycles. The molecule has 1 amide bonds. The van der Waals surface area contributed by atoms with Gasteiger partial charge in [0, 0.05) is 18.9 Å². The van der Waals surface area contributed by atoms with Gasteiger partial charge in [-0.25, -0.2) is 0 Å². The fraction of sp³-hybridized carbons (Fsp3) is 0.538. The largest absolute Gasteiger partial charge is 0.388 e. The van der Waals surface area contributed by atoms with Crippen molar-refractivity contribution in [2.45, 2.75) is 38.8 Å². The Balaban J connectivity index is 2.96. The first-order valence-electron chi connectivity index (χ1n) is 5.86. The number of nitrogens with one attached hydrogen (secondary N) is 2. The van der Waals surface area contributed by atoms with Gasteiger partial charge in [-0.3, -0.25) is 9.78 Å². The van der Waals surface area contributed by atoms with Gasteiger partial charge in [0.1, 0.15) is 5.69 Å². The number of nitrogens with zero attached hydrogens (tertiary/aromatic N) is 1. The SMILES string of the molecule is CNC(=O)c1cc(NC(C)(C)C(C)(C)O)ccn1. The lowest BCUT2D eigenvalue weighted by Gasteiger charge is -2.38. The lowest BCUT2D eigenvalue weighted by Crippen LogP contribution is -2.51. The maximum Gasteiger partial charge on any atom is 0.269 e. The molecule has 0 atom stereocenters. The Kier molecular flexibility index (Phi) is 3.96. The van der Waals surface area contributed by atoms with Crippen molar-refractivity contribution >= 4 is 11.6 Å². The molecule has 5 nitrogen and oxygen atoms in total. The molecule has 0 saturated carbocycles. The van der Waals surface area contributed by atoms with E-state index in [1.165, 1.54) is 0 Å². The minimum atomic E-state index is -0.899. The highest BCUT2D eigenvalue weighted by molar-refractivity contribution is 5.92. The van der Waals surface area contributed by atoms with E-state index in [9.17, 15) is 9.90 Å². The van der Waals surface area contributed by atoms with E-state index in [1.54, 1.807) is 39.2 Å². The number of aliphatic hydroxyl groups is 1. The van der Waals surface area contributed by atoms with Gasteiger partial charge in [0.15, 0.2) is 0 Å². The quantitative estimate of drug-likeness (QED) is 0.756. The third kappa shape index (κ3) is 3.20. The number of carbonyl (C=O) groups is 1. The normalized spacial score (nSPS) is 12.1. The number of rotatable bonds is 4. The Hall–Kier alpha value is -1.62. The van der Waals surface area contributed by atoms with Gasteiger partial charge >= 0.3 is 0 Å². The van der Waals surface area contributed by atoms with Crippen molar-refractivity contribution in [3.05, 3.63) is 24.0 Å². The van der Waals surface area contributed by atoms with Crippen LogP contribution in [0.15, 0.2) is 18.3 Å². The van der Waals surface area contributed by atoms with Gasteiger partial charge in [-0.1, -0.05) is 0 Å². The molecule has 100 valence electrons. The number of pyridine rings is 1. The van der Waals surface area contributed by atoms with Gasteiger partial charge in [-0.2, -0.15) is 0 Å². The van der Waals surface area contributed by atoms with E-state index in [0.29, 0.717) is 5.69 Å². The highest BCUT2D eigenvalue weighted by Gasteiger charge is 2.34. The number of hydrogen-bond donors (Lipinski definition) is 3. The van der Waals surface area contributed by atoms with Crippen LogP contribution in [0.25, 0.3) is 0 Å². The Morgan fingerprint density at radius 2 is 1.94 bits per heavy atom. The molecule has 1 heterocycles. The molecule has 0 spiro atoms. The molecule has 0 fully saturated rings. The molecular formula is C13H21N3O2. The predicted molar refractivity (Wildman–Crippen MR) is 71.6 cm³/mol. The fourth-order valence-electron chi connectivity index (χ4n) is 1.27. The fourth-order valence-corrected chi connectivity index (χ4v) is 1.27. The van der Waals surface area contributed by atoms with Crippen molar-refractivity contribution in [1.82, 2.24) is 10.3 Å². The van der Waals surface area contributed by atoms with Crippen LogP contribution in [0.5, 0.6) is 0 Å². The van der Waals surface area contributed by atoms with Crippen molar-refractivity contribution in [2.24, 2.45) is 0 Å². The second-order valence-corrected chi connectivity index (χ2v) is 5.32. The van der Waals surface area contributed by atoms with Crippen LogP contribution in [-0.2, 0) is 0 Å². The number of aromatic nitrogens is 1. The summed E-state index contributed by atoms with van der Waals surface area (Å²) in [5.41, 5.74) is -0.345. The summed E-state index contributed by atoms with van der Waals surface area (Å²) in [5.74, 6) is -0.236. The van der Waals surface area contributed by atoms with Gasteiger partial charge in [0.25, 0.3) is 5.91 Å². The first-order valence-corrected chi connectivity index (χ1v) is 5.86. The van der Waals surface area contributed by atoms with Crippen molar-refractivity contribution in [3.8, 4) is 0 Å². The highest BCUT2D eigenvalue weighted by atomic mass is 16.3. The zero-order valence-corrected chi connectivity index (χ0v) is 11.5. The van der Waals surface area contributed by atoms with Crippen LogP contribution in [0.2, 0.25) is 0 Å². The lowest BCUT2D eigenvalue weighted by molar-refractivity contribution is 0.0240. The van der Waals surface area contributed by atoms with E-state index < -0.39 is 11.1 Å². The van der Waals surface area contributed by atoms with Crippen molar-refractivity contribution in [2.75, 3.05) is 12.4 Å². The van der Waals surface area contributed by atoms with Crippen LogP contribution in [0.3, 0.4) is 0 Å². The minimum absolute atomic E-state index is 0.236. The van der Waals surface area contributed by atoms with E-state index in [-0.39, 0.29) is 5.91 Å². The third-order valence-corrected chi connectivity index (χ3v) is 3.21. The molecular weight excluding hydrogens is 230 g/mol. The van der Waals surface area contributed by atoms with Crippen LogP contribution in [0.4, 0.5) is 5.69 Å². The first kappa shape index (κ1) is 14.4. The average molecular weight is 251 g/mol. The summed E-state index contributed by atoms with van der Waals surface area (Å²) in [5, 5.41) is 15.8. The lowest BCUT2D eigenvalue weighted by atomic mass is 9.86. The highest BCUT2D eigenvalue weighted by Crippen LogP contribution is 2.25. The van der Waals surface area contributed by atoms with Gasteiger partial charge in [0.2, 0.25) is 0 Å². The number of amides is 1. The van der Waals surface area contributed by atoms with Crippen LogP contribution in [0.1, 0.15) is 38.2 Å². The van der Waals surface area contributed by atoms with Crippen LogP contribution in [0, 0.1) is 0 Å².